The van der Waals surface area contributed by atoms with E-state index in [1.54, 1.807) is 0 Å². The molecule has 0 aliphatic rings. The van der Waals surface area contributed by atoms with Gasteiger partial charge in [0.1, 0.15) is 0 Å². The molecule has 0 aromatic carbocycles. The number of alkyl halides is 3. The highest BCUT2D eigenvalue weighted by Gasteiger charge is 2.42. The van der Waals surface area contributed by atoms with Gasteiger partial charge in [0.15, 0.2) is 0 Å². The van der Waals surface area contributed by atoms with Crippen molar-refractivity contribution in [1.82, 2.24) is 9.78 Å². The van der Waals surface area contributed by atoms with Gasteiger partial charge in [0.05, 0.1) is 11.3 Å². The normalized spacial score (nSPS) is 12.8. The lowest BCUT2D eigenvalue weighted by atomic mass is 9.92. The number of halogens is 3. The Labute approximate surface area is 110 Å². The topological polar surface area (TPSA) is 34.9 Å². The summed E-state index contributed by atoms with van der Waals surface area (Å²) >= 11 is 0. The lowest BCUT2D eigenvalue weighted by Gasteiger charge is -2.18. The van der Waals surface area contributed by atoms with Crippen LogP contribution in [0.25, 0.3) is 0 Å². The van der Waals surface area contributed by atoms with E-state index in [1.807, 2.05) is 20.8 Å². The molecule has 0 amide bonds. The van der Waals surface area contributed by atoms with Crippen molar-refractivity contribution in [2.75, 3.05) is 0 Å². The van der Waals surface area contributed by atoms with E-state index in [0.29, 0.717) is 6.54 Å². The Morgan fingerprint density at radius 2 is 1.74 bits per heavy atom. The molecule has 0 atom stereocenters. The first kappa shape index (κ1) is 15.7. The van der Waals surface area contributed by atoms with Crippen LogP contribution in [0.5, 0.6) is 0 Å². The zero-order chi connectivity index (χ0) is 15.0. The highest BCUT2D eigenvalue weighted by Crippen LogP contribution is 2.26. The van der Waals surface area contributed by atoms with Crippen LogP contribution in [0.4, 0.5) is 13.2 Å². The van der Waals surface area contributed by atoms with Crippen LogP contribution in [0.3, 0.4) is 0 Å². The summed E-state index contributed by atoms with van der Waals surface area (Å²) in [7, 11) is 0. The van der Waals surface area contributed by atoms with Gasteiger partial charge in [-0.05, 0) is 25.7 Å². The molecule has 0 N–H and O–H groups in total. The van der Waals surface area contributed by atoms with Crippen LogP contribution >= 0.6 is 0 Å². The van der Waals surface area contributed by atoms with Gasteiger partial charge < -0.3 is 0 Å². The second-order valence-electron chi connectivity index (χ2n) is 5.91. The number of aryl methyl sites for hydroxylation is 2. The van der Waals surface area contributed by atoms with Crippen LogP contribution in [-0.4, -0.2) is 21.7 Å². The molecule has 19 heavy (non-hydrogen) atoms. The Balaban J connectivity index is 3.05. The standard InChI is InChI=1S/C13H19F3N2O/c1-8-10(11(19)13(14,15)16)9(2)18(17-8)7-6-12(3,4)5/h6-7H2,1-5H3. The monoisotopic (exact) mass is 276 g/mol. The van der Waals surface area contributed by atoms with Crippen molar-refractivity contribution in [2.24, 2.45) is 5.41 Å². The SMILES string of the molecule is Cc1nn(CCC(C)(C)C)c(C)c1C(=O)C(F)(F)F. The van der Waals surface area contributed by atoms with Crippen molar-refractivity contribution in [2.45, 2.75) is 53.8 Å². The zero-order valence-electron chi connectivity index (χ0n) is 11.9. The van der Waals surface area contributed by atoms with Crippen LogP contribution in [0.1, 0.15) is 48.9 Å². The second kappa shape index (κ2) is 4.98. The van der Waals surface area contributed by atoms with Gasteiger partial charge in [-0.3, -0.25) is 9.48 Å². The van der Waals surface area contributed by atoms with Gasteiger partial charge in [-0.1, -0.05) is 20.8 Å². The molecule has 0 bridgehead atoms. The van der Waals surface area contributed by atoms with Crippen LogP contribution < -0.4 is 0 Å². The maximum absolute atomic E-state index is 12.5. The molecule has 3 nitrogen and oxygen atoms in total. The van der Waals surface area contributed by atoms with Gasteiger partial charge in [-0.15, -0.1) is 0 Å². The first-order chi connectivity index (χ1) is 8.43. The highest BCUT2D eigenvalue weighted by atomic mass is 19.4. The van der Waals surface area contributed by atoms with E-state index >= 15 is 0 Å². The van der Waals surface area contributed by atoms with E-state index in [4.69, 9.17) is 0 Å². The summed E-state index contributed by atoms with van der Waals surface area (Å²) in [5, 5.41) is 4.04. The quantitative estimate of drug-likeness (QED) is 0.789. The fourth-order valence-corrected chi connectivity index (χ4v) is 1.83. The van der Waals surface area contributed by atoms with Crippen LogP contribution in [0.15, 0.2) is 0 Å². The Hall–Kier alpha value is -1.33. The number of hydrogen-bond donors (Lipinski definition) is 0. The van der Waals surface area contributed by atoms with Crippen LogP contribution in [0.2, 0.25) is 0 Å². The van der Waals surface area contributed by atoms with Crippen LogP contribution in [-0.2, 0) is 6.54 Å². The minimum Gasteiger partial charge on any atom is -0.284 e. The van der Waals surface area contributed by atoms with Crippen molar-refractivity contribution in [3.05, 3.63) is 17.0 Å². The highest BCUT2D eigenvalue weighted by molar-refractivity contribution is 6.02. The Bertz CT molecular complexity index is 481. The lowest BCUT2D eigenvalue weighted by molar-refractivity contribution is -0.0886. The van der Waals surface area contributed by atoms with E-state index in [9.17, 15) is 18.0 Å². The molecule has 1 aromatic heterocycles. The van der Waals surface area contributed by atoms with Gasteiger partial charge >= 0.3 is 6.18 Å². The predicted molar refractivity (Wildman–Crippen MR) is 66.2 cm³/mol. The van der Waals surface area contributed by atoms with Crippen molar-refractivity contribution < 1.29 is 18.0 Å². The average molecular weight is 276 g/mol. The van der Waals surface area contributed by atoms with E-state index in [1.165, 1.54) is 18.5 Å². The molecule has 0 fully saturated rings. The minimum atomic E-state index is -4.85. The zero-order valence-corrected chi connectivity index (χ0v) is 11.9. The average Bonchev–Trinajstić information content (AvgIpc) is 2.48. The second-order valence-corrected chi connectivity index (χ2v) is 5.91. The fraction of sp³-hybridized carbons (Fsp3) is 0.692. The van der Waals surface area contributed by atoms with Gasteiger partial charge in [0.2, 0.25) is 0 Å². The fourth-order valence-electron chi connectivity index (χ4n) is 1.83. The molecule has 6 heteroatoms. The van der Waals surface area contributed by atoms with Gasteiger partial charge in [0.25, 0.3) is 5.78 Å². The van der Waals surface area contributed by atoms with Crippen molar-refractivity contribution in [3.63, 3.8) is 0 Å². The number of carbonyl (C=O) groups excluding carboxylic acids is 1. The molecule has 0 radical (unpaired) electrons. The molecule has 0 saturated carbocycles. The molecular formula is C13H19F3N2O. The maximum Gasteiger partial charge on any atom is 0.455 e. The lowest BCUT2D eigenvalue weighted by Crippen LogP contribution is -2.24. The van der Waals surface area contributed by atoms with Gasteiger partial charge in [-0.2, -0.15) is 18.3 Å². The third kappa shape index (κ3) is 3.81. The minimum absolute atomic E-state index is 0.0560. The third-order valence-corrected chi connectivity index (χ3v) is 2.94. The number of Topliss-reactive ketones (excluding diaryl/α,β-unsaturated/α-hetero) is 1. The van der Waals surface area contributed by atoms with Crippen molar-refractivity contribution in [3.8, 4) is 0 Å². The summed E-state index contributed by atoms with van der Waals surface area (Å²) in [6, 6.07) is 0. The molecule has 0 spiro atoms. The Kier molecular flexibility index (Phi) is 4.12. The summed E-state index contributed by atoms with van der Waals surface area (Å²) in [6.07, 6.45) is -4.08. The number of rotatable bonds is 3. The first-order valence-electron chi connectivity index (χ1n) is 6.09. The summed E-state index contributed by atoms with van der Waals surface area (Å²) in [4.78, 5) is 11.3. The van der Waals surface area contributed by atoms with Gasteiger partial charge in [-0.25, -0.2) is 0 Å². The molecule has 0 unspecified atom stereocenters. The largest absolute Gasteiger partial charge is 0.455 e. The van der Waals surface area contributed by atoms with E-state index in [0.717, 1.165) is 6.42 Å². The molecule has 1 heterocycles. The summed E-state index contributed by atoms with van der Waals surface area (Å²) in [5.74, 6) is -1.82. The van der Waals surface area contributed by atoms with Crippen molar-refractivity contribution in [1.29, 1.82) is 0 Å². The van der Waals surface area contributed by atoms with Gasteiger partial charge in [0, 0.05) is 12.2 Å². The summed E-state index contributed by atoms with van der Waals surface area (Å²) in [6.45, 7) is 9.56. The Morgan fingerprint density at radius 3 is 2.16 bits per heavy atom. The predicted octanol–water partition coefficient (Wildman–Crippen LogP) is 3.68. The number of hydrogen-bond acceptors (Lipinski definition) is 2. The van der Waals surface area contributed by atoms with Crippen LogP contribution in [0, 0.1) is 19.3 Å². The number of nitrogens with zero attached hydrogens (tertiary/aromatic N) is 2. The molecule has 0 saturated heterocycles. The number of ketones is 1. The molecule has 1 rings (SSSR count). The number of aromatic nitrogens is 2. The van der Waals surface area contributed by atoms with E-state index in [2.05, 4.69) is 5.10 Å². The smallest absolute Gasteiger partial charge is 0.284 e. The molecule has 0 aliphatic carbocycles. The third-order valence-electron chi connectivity index (χ3n) is 2.94. The summed E-state index contributed by atoms with van der Waals surface area (Å²) < 4.78 is 39.0. The summed E-state index contributed by atoms with van der Waals surface area (Å²) in [5.41, 5.74) is 0.153. The molecular weight excluding hydrogens is 257 g/mol. The molecule has 108 valence electrons. The molecule has 1 aromatic rings. The van der Waals surface area contributed by atoms with E-state index in [-0.39, 0.29) is 22.4 Å². The van der Waals surface area contributed by atoms with Crippen molar-refractivity contribution >= 4 is 5.78 Å². The molecule has 0 aliphatic heterocycles. The maximum atomic E-state index is 12.5. The number of carbonyl (C=O) groups is 1. The van der Waals surface area contributed by atoms with E-state index < -0.39 is 12.0 Å². The first-order valence-corrected chi connectivity index (χ1v) is 6.09. The Morgan fingerprint density at radius 1 is 1.21 bits per heavy atom.